The second-order valence-corrected chi connectivity index (χ2v) is 5.32. The van der Waals surface area contributed by atoms with Gasteiger partial charge in [0, 0.05) is 29.0 Å². The normalized spacial score (nSPS) is 10.0. The van der Waals surface area contributed by atoms with Crippen LogP contribution in [0.1, 0.15) is 26.4 Å². The largest absolute Gasteiger partial charge is 0.355 e. The van der Waals surface area contributed by atoms with Gasteiger partial charge in [0.25, 0.3) is 11.8 Å². The first-order valence-electron chi connectivity index (χ1n) is 6.27. The van der Waals surface area contributed by atoms with Crippen molar-refractivity contribution in [3.63, 3.8) is 0 Å². The van der Waals surface area contributed by atoms with Crippen LogP contribution >= 0.6 is 15.9 Å². The van der Waals surface area contributed by atoms with Crippen LogP contribution in [0.4, 0.5) is 5.69 Å². The minimum Gasteiger partial charge on any atom is -0.355 e. The van der Waals surface area contributed by atoms with Crippen LogP contribution in [-0.4, -0.2) is 23.8 Å². The number of aryl methyl sites for hydroxylation is 1. The van der Waals surface area contributed by atoms with Gasteiger partial charge in [-0.2, -0.15) is 0 Å². The summed E-state index contributed by atoms with van der Waals surface area (Å²) in [5, 5.41) is 5.30. The van der Waals surface area contributed by atoms with Crippen LogP contribution in [0.5, 0.6) is 0 Å². The lowest BCUT2D eigenvalue weighted by atomic mass is 10.1. The molecule has 21 heavy (non-hydrogen) atoms. The van der Waals surface area contributed by atoms with Crippen molar-refractivity contribution in [1.82, 2.24) is 10.3 Å². The smallest absolute Gasteiger partial charge is 0.255 e. The zero-order chi connectivity index (χ0) is 15.4. The van der Waals surface area contributed by atoms with E-state index < -0.39 is 0 Å². The molecule has 0 unspecified atom stereocenters. The van der Waals surface area contributed by atoms with E-state index in [9.17, 15) is 9.59 Å². The van der Waals surface area contributed by atoms with E-state index in [1.807, 2.05) is 6.92 Å². The Kier molecular flexibility index (Phi) is 4.70. The molecule has 0 aliphatic heterocycles. The summed E-state index contributed by atoms with van der Waals surface area (Å²) < 4.78 is 0.763. The molecular weight excluding hydrogens is 334 g/mol. The number of rotatable bonds is 3. The van der Waals surface area contributed by atoms with Gasteiger partial charge in [0.1, 0.15) is 0 Å². The number of halogens is 1. The highest BCUT2D eigenvalue weighted by molar-refractivity contribution is 9.10. The van der Waals surface area contributed by atoms with E-state index >= 15 is 0 Å². The summed E-state index contributed by atoms with van der Waals surface area (Å²) in [6.45, 7) is 1.81. The number of pyridine rings is 1. The van der Waals surface area contributed by atoms with Gasteiger partial charge < -0.3 is 10.6 Å². The molecule has 0 spiro atoms. The van der Waals surface area contributed by atoms with Crippen molar-refractivity contribution < 1.29 is 9.59 Å². The quantitative estimate of drug-likeness (QED) is 0.896. The summed E-state index contributed by atoms with van der Waals surface area (Å²) in [6.07, 6.45) is 1.57. The lowest BCUT2D eigenvalue weighted by Crippen LogP contribution is -2.21. The summed E-state index contributed by atoms with van der Waals surface area (Å²) in [5.74, 6) is -0.550. The van der Waals surface area contributed by atoms with Gasteiger partial charge in [-0.3, -0.25) is 14.6 Å². The Balaban J connectivity index is 2.31. The van der Waals surface area contributed by atoms with Gasteiger partial charge in [0.15, 0.2) is 0 Å². The molecule has 0 saturated heterocycles. The number of nitrogens with one attached hydrogen (secondary N) is 2. The molecule has 2 aromatic rings. The first-order chi connectivity index (χ1) is 10.0. The number of hydrogen-bond donors (Lipinski definition) is 2. The summed E-state index contributed by atoms with van der Waals surface area (Å²) in [7, 11) is 1.54. The fourth-order valence-corrected chi connectivity index (χ4v) is 2.19. The van der Waals surface area contributed by atoms with Crippen LogP contribution in [0.3, 0.4) is 0 Å². The Morgan fingerprint density at radius 1 is 1.14 bits per heavy atom. The van der Waals surface area contributed by atoms with E-state index in [1.54, 1.807) is 43.6 Å². The first kappa shape index (κ1) is 15.2. The highest BCUT2D eigenvalue weighted by atomic mass is 79.9. The zero-order valence-electron chi connectivity index (χ0n) is 11.6. The molecular formula is C15H14BrN3O2. The Hall–Kier alpha value is -2.21. The maximum absolute atomic E-state index is 12.2. The van der Waals surface area contributed by atoms with Gasteiger partial charge in [0.05, 0.1) is 11.3 Å². The molecule has 0 fully saturated rings. The highest BCUT2D eigenvalue weighted by Gasteiger charge is 2.14. The lowest BCUT2D eigenvalue weighted by Gasteiger charge is -2.11. The molecule has 1 aromatic heterocycles. The topological polar surface area (TPSA) is 71.1 Å². The molecule has 0 atom stereocenters. The summed E-state index contributed by atoms with van der Waals surface area (Å²) >= 11 is 3.31. The van der Waals surface area contributed by atoms with Gasteiger partial charge in [-0.05, 0) is 37.3 Å². The number of nitrogens with zero attached hydrogens (tertiary/aromatic N) is 1. The van der Waals surface area contributed by atoms with Crippen molar-refractivity contribution in [1.29, 1.82) is 0 Å². The molecule has 0 aliphatic rings. The number of carbonyl (C=O) groups excluding carboxylic acids is 2. The van der Waals surface area contributed by atoms with Crippen molar-refractivity contribution in [2.24, 2.45) is 0 Å². The third kappa shape index (κ3) is 3.66. The Morgan fingerprint density at radius 2 is 1.90 bits per heavy atom. The molecule has 0 aliphatic carbocycles. The Bertz CT molecular complexity index is 701. The van der Waals surface area contributed by atoms with Crippen molar-refractivity contribution in [2.75, 3.05) is 12.4 Å². The van der Waals surface area contributed by atoms with Gasteiger partial charge in [0.2, 0.25) is 0 Å². The molecule has 5 nitrogen and oxygen atoms in total. The van der Waals surface area contributed by atoms with Crippen molar-refractivity contribution >= 4 is 33.4 Å². The Morgan fingerprint density at radius 3 is 2.57 bits per heavy atom. The van der Waals surface area contributed by atoms with E-state index in [4.69, 9.17) is 0 Å². The number of aromatic nitrogens is 1. The van der Waals surface area contributed by atoms with Crippen molar-refractivity contribution in [3.8, 4) is 0 Å². The molecule has 0 radical (unpaired) electrons. The number of hydrogen-bond acceptors (Lipinski definition) is 3. The Labute approximate surface area is 130 Å². The average molecular weight is 348 g/mol. The molecule has 6 heteroatoms. The van der Waals surface area contributed by atoms with Crippen molar-refractivity contribution in [2.45, 2.75) is 6.92 Å². The molecule has 2 rings (SSSR count). The molecule has 0 saturated carbocycles. The van der Waals surface area contributed by atoms with Crippen LogP contribution in [0.25, 0.3) is 0 Å². The van der Waals surface area contributed by atoms with Crippen LogP contribution in [0, 0.1) is 6.92 Å². The van der Waals surface area contributed by atoms with Crippen LogP contribution in [0.2, 0.25) is 0 Å². The molecule has 2 amide bonds. The second kappa shape index (κ2) is 6.49. The average Bonchev–Trinajstić information content (AvgIpc) is 2.48. The highest BCUT2D eigenvalue weighted by Crippen LogP contribution is 2.21. The summed E-state index contributed by atoms with van der Waals surface area (Å²) in [5.41, 5.74) is 2.10. The monoisotopic (exact) mass is 347 g/mol. The fraction of sp³-hybridized carbons (Fsp3) is 0.133. The van der Waals surface area contributed by atoms with Gasteiger partial charge in [-0.15, -0.1) is 0 Å². The molecule has 1 heterocycles. The van der Waals surface area contributed by atoms with E-state index in [2.05, 4.69) is 31.5 Å². The number of carbonyl (C=O) groups is 2. The second-order valence-electron chi connectivity index (χ2n) is 4.41. The predicted octanol–water partition coefficient (Wildman–Crippen LogP) is 2.76. The fourth-order valence-electron chi connectivity index (χ4n) is 1.83. The van der Waals surface area contributed by atoms with E-state index in [0.717, 1.165) is 10.2 Å². The van der Waals surface area contributed by atoms with Crippen LogP contribution < -0.4 is 10.6 Å². The first-order valence-corrected chi connectivity index (χ1v) is 7.06. The maximum Gasteiger partial charge on any atom is 0.255 e. The van der Waals surface area contributed by atoms with E-state index in [0.29, 0.717) is 16.8 Å². The third-order valence-electron chi connectivity index (χ3n) is 2.86. The van der Waals surface area contributed by atoms with Gasteiger partial charge in [-0.25, -0.2) is 0 Å². The third-order valence-corrected chi connectivity index (χ3v) is 3.35. The minimum atomic E-state index is -0.284. The van der Waals surface area contributed by atoms with Crippen LogP contribution in [-0.2, 0) is 0 Å². The molecule has 2 N–H and O–H groups in total. The number of amides is 2. The predicted molar refractivity (Wildman–Crippen MR) is 84.5 cm³/mol. The van der Waals surface area contributed by atoms with Crippen molar-refractivity contribution in [3.05, 3.63) is 57.8 Å². The van der Waals surface area contributed by atoms with E-state index in [1.165, 1.54) is 0 Å². The minimum absolute atomic E-state index is 0.266. The summed E-state index contributed by atoms with van der Waals surface area (Å²) in [6, 6.07) is 8.42. The molecule has 0 bridgehead atoms. The number of anilines is 1. The standard InChI is InChI=1S/C15H14BrN3O2/c1-9-7-10(5-6-18-9)14(20)19-13-4-3-11(16)8-12(13)15(21)17-2/h3-8H,1-2H3,(H,17,21)(H,19,20). The molecule has 1 aromatic carbocycles. The van der Waals surface area contributed by atoms with Gasteiger partial charge >= 0.3 is 0 Å². The van der Waals surface area contributed by atoms with Gasteiger partial charge in [-0.1, -0.05) is 15.9 Å². The van der Waals surface area contributed by atoms with Crippen LogP contribution in [0.15, 0.2) is 41.0 Å². The SMILES string of the molecule is CNC(=O)c1cc(Br)ccc1NC(=O)c1ccnc(C)c1. The van der Waals surface area contributed by atoms with E-state index in [-0.39, 0.29) is 11.8 Å². The zero-order valence-corrected chi connectivity index (χ0v) is 13.2. The summed E-state index contributed by atoms with van der Waals surface area (Å²) in [4.78, 5) is 28.1. The number of benzene rings is 1. The molecule has 108 valence electrons. The lowest BCUT2D eigenvalue weighted by molar-refractivity contribution is 0.0964. The maximum atomic E-state index is 12.2.